The third-order valence-corrected chi connectivity index (χ3v) is 5.74. The molecule has 8 nitrogen and oxygen atoms in total. The van der Waals surface area contributed by atoms with E-state index < -0.39 is 0 Å². The summed E-state index contributed by atoms with van der Waals surface area (Å²) in [7, 11) is 0. The first-order valence-electron chi connectivity index (χ1n) is 10.3. The summed E-state index contributed by atoms with van der Waals surface area (Å²) >= 11 is 0. The molecular formula is C22H27N5O3. The summed E-state index contributed by atoms with van der Waals surface area (Å²) in [4.78, 5) is 17.0. The third kappa shape index (κ3) is 4.87. The number of morpholine rings is 2. The van der Waals surface area contributed by atoms with Crippen molar-refractivity contribution < 1.29 is 14.1 Å². The van der Waals surface area contributed by atoms with Crippen LogP contribution in [-0.2, 0) is 22.6 Å². The van der Waals surface area contributed by atoms with Crippen molar-refractivity contribution in [2.24, 2.45) is 0 Å². The van der Waals surface area contributed by atoms with Gasteiger partial charge in [0.25, 0.3) is 0 Å². The van der Waals surface area contributed by atoms with Gasteiger partial charge < -0.3 is 14.6 Å². The van der Waals surface area contributed by atoms with E-state index in [0.29, 0.717) is 18.7 Å². The number of rotatable bonds is 6. The topological polar surface area (TPSA) is 94.6 Å². The molecule has 4 rings (SSSR count). The molecule has 158 valence electrons. The van der Waals surface area contributed by atoms with E-state index in [4.69, 9.17) is 14.5 Å². The Bertz CT molecular complexity index is 900. The Morgan fingerprint density at radius 2 is 1.83 bits per heavy atom. The number of hydrogen-bond acceptors (Lipinski definition) is 7. The van der Waals surface area contributed by atoms with Crippen molar-refractivity contribution in [1.29, 1.82) is 5.26 Å². The highest BCUT2D eigenvalue weighted by atomic mass is 16.5. The maximum absolute atomic E-state index is 12.4. The van der Waals surface area contributed by atoms with Crippen LogP contribution in [0.15, 0.2) is 28.8 Å². The zero-order chi connectivity index (χ0) is 21.1. The van der Waals surface area contributed by atoms with Gasteiger partial charge in [0.15, 0.2) is 0 Å². The first kappa shape index (κ1) is 20.5. The Morgan fingerprint density at radius 3 is 2.43 bits per heavy atom. The molecule has 3 heterocycles. The Kier molecular flexibility index (Phi) is 6.13. The zero-order valence-electron chi connectivity index (χ0n) is 17.4. The van der Waals surface area contributed by atoms with E-state index in [1.165, 1.54) is 0 Å². The van der Waals surface area contributed by atoms with Gasteiger partial charge in [-0.25, -0.2) is 0 Å². The van der Waals surface area contributed by atoms with Crippen LogP contribution in [0.3, 0.4) is 0 Å². The average Bonchev–Trinajstić information content (AvgIpc) is 3.04. The summed E-state index contributed by atoms with van der Waals surface area (Å²) in [5.74, 6) is 0.886. The number of ether oxygens (including phenoxy) is 1. The molecule has 2 atom stereocenters. The van der Waals surface area contributed by atoms with E-state index in [-0.39, 0.29) is 18.1 Å². The number of nitrogens with zero attached hydrogens (tertiary/aromatic N) is 4. The quantitative estimate of drug-likeness (QED) is 0.770. The molecular weight excluding hydrogens is 382 g/mol. The highest BCUT2D eigenvalue weighted by Gasteiger charge is 2.35. The molecule has 0 radical (unpaired) electrons. The van der Waals surface area contributed by atoms with E-state index in [0.717, 1.165) is 55.3 Å². The number of hydrogen-bond donors (Lipinski definition) is 1. The number of carbonyl (C=O) groups excluding carboxylic acids is 1. The predicted octanol–water partition coefficient (Wildman–Crippen LogP) is 1.36. The normalized spacial score (nSPS) is 21.9. The average molecular weight is 409 g/mol. The van der Waals surface area contributed by atoms with E-state index in [1.807, 2.05) is 26.0 Å². The van der Waals surface area contributed by atoms with Crippen LogP contribution in [0, 0.1) is 25.2 Å². The summed E-state index contributed by atoms with van der Waals surface area (Å²) in [5.41, 5.74) is 3.71. The Morgan fingerprint density at radius 1 is 1.17 bits per heavy atom. The number of nitriles is 1. The fourth-order valence-corrected chi connectivity index (χ4v) is 4.23. The zero-order valence-corrected chi connectivity index (χ0v) is 17.4. The molecule has 8 heteroatoms. The Labute approximate surface area is 176 Å². The molecule has 2 bridgehead atoms. The molecule has 2 aliphatic heterocycles. The minimum atomic E-state index is 0.00640. The van der Waals surface area contributed by atoms with Gasteiger partial charge in [0.1, 0.15) is 5.76 Å². The molecule has 2 unspecified atom stereocenters. The highest BCUT2D eigenvalue weighted by Crippen LogP contribution is 2.22. The van der Waals surface area contributed by atoms with Gasteiger partial charge in [-0.3, -0.25) is 14.6 Å². The molecule has 1 amide bonds. The molecule has 0 saturated carbocycles. The van der Waals surface area contributed by atoms with E-state index in [9.17, 15) is 4.79 Å². The van der Waals surface area contributed by atoms with E-state index >= 15 is 0 Å². The number of carbonyl (C=O) groups is 1. The lowest BCUT2D eigenvalue weighted by atomic mass is 10.1. The standard InChI is InChI=1S/C22H27N5O3/c1-15-21(16(2)30-25-15)13-26-9-19-11-27(12-20(10-26)29-19)14-22(28)24-8-18-5-3-17(7-23)4-6-18/h3-6,19-20H,8-14H2,1-2H3,(H,24,28). The lowest BCUT2D eigenvalue weighted by molar-refractivity contribution is -0.146. The predicted molar refractivity (Wildman–Crippen MR) is 109 cm³/mol. The van der Waals surface area contributed by atoms with E-state index in [2.05, 4.69) is 26.3 Å². The molecule has 2 saturated heterocycles. The summed E-state index contributed by atoms with van der Waals surface area (Å²) in [6.45, 7) is 8.76. The lowest BCUT2D eigenvalue weighted by Gasteiger charge is -2.45. The van der Waals surface area contributed by atoms with Crippen molar-refractivity contribution >= 4 is 5.91 Å². The van der Waals surface area contributed by atoms with Gasteiger partial charge >= 0.3 is 0 Å². The number of fused-ring (bicyclic) bond motifs is 2. The maximum Gasteiger partial charge on any atom is 0.234 e. The number of benzene rings is 1. The number of nitrogens with one attached hydrogen (secondary N) is 1. The van der Waals surface area contributed by atoms with Crippen LogP contribution in [0.4, 0.5) is 0 Å². The lowest BCUT2D eigenvalue weighted by Crippen LogP contribution is -2.60. The highest BCUT2D eigenvalue weighted by molar-refractivity contribution is 5.78. The van der Waals surface area contributed by atoms with Crippen molar-refractivity contribution in [3.63, 3.8) is 0 Å². The molecule has 1 aromatic heterocycles. The number of amides is 1. The number of aromatic nitrogens is 1. The smallest absolute Gasteiger partial charge is 0.234 e. The van der Waals surface area contributed by atoms with Gasteiger partial charge in [-0.1, -0.05) is 17.3 Å². The maximum atomic E-state index is 12.4. The van der Waals surface area contributed by atoms with Crippen LogP contribution in [0.2, 0.25) is 0 Å². The van der Waals surface area contributed by atoms with Crippen molar-refractivity contribution in [1.82, 2.24) is 20.3 Å². The molecule has 0 spiro atoms. The minimum Gasteiger partial charge on any atom is -0.370 e. The SMILES string of the molecule is Cc1noc(C)c1CN1CC2CN(CC(=O)NCc3ccc(C#N)cc3)CC(C1)O2. The fourth-order valence-electron chi connectivity index (χ4n) is 4.23. The molecule has 2 aromatic rings. The Hall–Kier alpha value is -2.73. The monoisotopic (exact) mass is 409 g/mol. The molecule has 2 fully saturated rings. The molecule has 1 N–H and O–H groups in total. The van der Waals surface area contributed by atoms with Crippen molar-refractivity contribution in [2.75, 3.05) is 32.7 Å². The summed E-state index contributed by atoms with van der Waals surface area (Å²) in [5, 5.41) is 15.9. The van der Waals surface area contributed by atoms with Gasteiger partial charge in [0.2, 0.25) is 5.91 Å². The van der Waals surface area contributed by atoms with E-state index in [1.54, 1.807) is 12.1 Å². The largest absolute Gasteiger partial charge is 0.370 e. The van der Waals surface area contributed by atoms with Crippen molar-refractivity contribution in [3.05, 3.63) is 52.4 Å². The van der Waals surface area contributed by atoms with Crippen LogP contribution in [0.5, 0.6) is 0 Å². The van der Waals surface area contributed by atoms with Gasteiger partial charge in [-0.2, -0.15) is 5.26 Å². The van der Waals surface area contributed by atoms with Crippen LogP contribution in [0.25, 0.3) is 0 Å². The fraction of sp³-hybridized carbons (Fsp3) is 0.500. The second-order valence-corrected chi connectivity index (χ2v) is 8.16. The number of aryl methyl sites for hydroxylation is 2. The van der Waals surface area contributed by atoms with Crippen LogP contribution in [0.1, 0.15) is 28.1 Å². The molecule has 30 heavy (non-hydrogen) atoms. The summed E-state index contributed by atoms with van der Waals surface area (Å²) in [6.07, 6.45) is 0.202. The van der Waals surface area contributed by atoms with Crippen LogP contribution >= 0.6 is 0 Å². The third-order valence-electron chi connectivity index (χ3n) is 5.74. The van der Waals surface area contributed by atoms with Crippen LogP contribution in [-0.4, -0.2) is 65.8 Å². The first-order valence-corrected chi connectivity index (χ1v) is 10.3. The Balaban J connectivity index is 1.25. The minimum absolute atomic E-state index is 0.00640. The molecule has 1 aromatic carbocycles. The summed E-state index contributed by atoms with van der Waals surface area (Å²) < 4.78 is 11.4. The molecule has 2 aliphatic rings. The van der Waals surface area contributed by atoms with Crippen LogP contribution < -0.4 is 5.32 Å². The second-order valence-electron chi connectivity index (χ2n) is 8.16. The van der Waals surface area contributed by atoms with Gasteiger partial charge in [0, 0.05) is 44.8 Å². The van der Waals surface area contributed by atoms with Gasteiger partial charge in [-0.15, -0.1) is 0 Å². The molecule has 0 aliphatic carbocycles. The van der Waals surface area contributed by atoms with Gasteiger partial charge in [-0.05, 0) is 31.5 Å². The second kappa shape index (κ2) is 8.96. The summed E-state index contributed by atoms with van der Waals surface area (Å²) in [6, 6.07) is 9.35. The van der Waals surface area contributed by atoms with Crippen molar-refractivity contribution in [2.45, 2.75) is 39.1 Å². The first-order chi connectivity index (χ1) is 14.5. The van der Waals surface area contributed by atoms with Gasteiger partial charge in [0.05, 0.1) is 36.1 Å². The van der Waals surface area contributed by atoms with Crippen molar-refractivity contribution in [3.8, 4) is 6.07 Å².